The SMILES string of the molecule is C/C=C/CSCC(=O)NC(C)c1ccco1. The number of rotatable bonds is 6. The number of thioether (sulfide) groups is 1. The van der Waals surface area contributed by atoms with E-state index in [1.807, 2.05) is 38.1 Å². The third-order valence-corrected chi connectivity index (χ3v) is 2.92. The molecule has 1 unspecified atom stereocenters. The first-order valence-corrected chi connectivity index (χ1v) is 6.41. The molecule has 0 saturated carbocycles. The first-order valence-electron chi connectivity index (χ1n) is 5.25. The minimum atomic E-state index is -0.0650. The Balaban J connectivity index is 2.24. The highest BCUT2D eigenvalue weighted by Crippen LogP contribution is 2.12. The summed E-state index contributed by atoms with van der Waals surface area (Å²) in [5, 5.41) is 2.88. The number of hydrogen-bond donors (Lipinski definition) is 1. The van der Waals surface area contributed by atoms with Gasteiger partial charge in [0, 0.05) is 5.75 Å². The van der Waals surface area contributed by atoms with Gasteiger partial charge in [0.05, 0.1) is 18.1 Å². The zero-order chi connectivity index (χ0) is 11.8. The Labute approximate surface area is 100 Å². The molecule has 0 spiro atoms. The van der Waals surface area contributed by atoms with Gasteiger partial charge in [0.25, 0.3) is 0 Å². The van der Waals surface area contributed by atoms with Crippen molar-refractivity contribution in [1.82, 2.24) is 5.32 Å². The first-order chi connectivity index (χ1) is 7.74. The van der Waals surface area contributed by atoms with Crippen LogP contribution < -0.4 is 5.32 Å². The van der Waals surface area contributed by atoms with Crippen molar-refractivity contribution in [2.45, 2.75) is 19.9 Å². The van der Waals surface area contributed by atoms with Gasteiger partial charge < -0.3 is 9.73 Å². The van der Waals surface area contributed by atoms with E-state index >= 15 is 0 Å². The van der Waals surface area contributed by atoms with Gasteiger partial charge >= 0.3 is 0 Å². The van der Waals surface area contributed by atoms with E-state index in [0.717, 1.165) is 11.5 Å². The van der Waals surface area contributed by atoms with Crippen LogP contribution in [0.25, 0.3) is 0 Å². The molecule has 1 amide bonds. The molecule has 0 aliphatic carbocycles. The van der Waals surface area contributed by atoms with E-state index in [1.54, 1.807) is 18.0 Å². The Bertz CT molecular complexity index is 333. The number of nitrogens with one attached hydrogen (secondary N) is 1. The summed E-state index contributed by atoms with van der Waals surface area (Å²) in [6.07, 6.45) is 5.63. The van der Waals surface area contributed by atoms with Gasteiger partial charge in [0.2, 0.25) is 5.91 Å². The highest BCUT2D eigenvalue weighted by molar-refractivity contribution is 8.00. The van der Waals surface area contributed by atoms with Crippen LogP contribution in [0.3, 0.4) is 0 Å². The monoisotopic (exact) mass is 239 g/mol. The van der Waals surface area contributed by atoms with Crippen molar-refractivity contribution in [3.63, 3.8) is 0 Å². The summed E-state index contributed by atoms with van der Waals surface area (Å²) in [4.78, 5) is 11.5. The van der Waals surface area contributed by atoms with Crippen molar-refractivity contribution in [1.29, 1.82) is 0 Å². The topological polar surface area (TPSA) is 42.2 Å². The smallest absolute Gasteiger partial charge is 0.230 e. The quantitative estimate of drug-likeness (QED) is 0.613. The molecule has 3 nitrogen and oxygen atoms in total. The van der Waals surface area contributed by atoms with Crippen molar-refractivity contribution in [2.24, 2.45) is 0 Å². The second-order valence-electron chi connectivity index (χ2n) is 3.39. The average Bonchev–Trinajstić information content (AvgIpc) is 2.77. The summed E-state index contributed by atoms with van der Waals surface area (Å²) in [7, 11) is 0. The number of hydrogen-bond acceptors (Lipinski definition) is 3. The molecule has 1 heterocycles. The van der Waals surface area contributed by atoms with E-state index in [2.05, 4.69) is 5.32 Å². The van der Waals surface area contributed by atoms with Crippen molar-refractivity contribution in [2.75, 3.05) is 11.5 Å². The summed E-state index contributed by atoms with van der Waals surface area (Å²) in [5.74, 6) is 2.18. The molecule has 0 aromatic carbocycles. The first kappa shape index (κ1) is 12.9. The summed E-state index contributed by atoms with van der Waals surface area (Å²) in [6.45, 7) is 3.88. The van der Waals surface area contributed by atoms with E-state index in [1.165, 1.54) is 0 Å². The van der Waals surface area contributed by atoms with Crippen LogP contribution in [0.2, 0.25) is 0 Å². The standard InChI is InChI=1S/C12H17NO2S/c1-3-4-8-16-9-12(14)13-10(2)11-6-5-7-15-11/h3-7,10H,8-9H2,1-2H3,(H,13,14)/b4-3+. The summed E-state index contributed by atoms with van der Waals surface area (Å²) < 4.78 is 5.21. The minimum Gasteiger partial charge on any atom is -0.467 e. The molecule has 1 rings (SSSR count). The zero-order valence-corrected chi connectivity index (χ0v) is 10.4. The lowest BCUT2D eigenvalue weighted by molar-refractivity contribution is -0.119. The lowest BCUT2D eigenvalue weighted by Crippen LogP contribution is -2.28. The molecule has 1 aromatic rings. The molecule has 0 saturated heterocycles. The summed E-state index contributed by atoms with van der Waals surface area (Å²) in [5.41, 5.74) is 0. The normalized spacial score (nSPS) is 12.9. The van der Waals surface area contributed by atoms with E-state index in [0.29, 0.717) is 5.75 Å². The molecule has 0 fully saturated rings. The Morgan fingerprint density at radius 1 is 1.69 bits per heavy atom. The van der Waals surface area contributed by atoms with Crippen LogP contribution in [-0.4, -0.2) is 17.4 Å². The van der Waals surface area contributed by atoms with E-state index < -0.39 is 0 Å². The largest absolute Gasteiger partial charge is 0.467 e. The number of carbonyl (C=O) groups is 1. The van der Waals surface area contributed by atoms with Gasteiger partial charge in [-0.25, -0.2) is 0 Å². The van der Waals surface area contributed by atoms with E-state index in [4.69, 9.17) is 4.42 Å². The molecule has 0 aliphatic heterocycles. The van der Waals surface area contributed by atoms with Crippen LogP contribution in [-0.2, 0) is 4.79 Å². The van der Waals surface area contributed by atoms with E-state index in [9.17, 15) is 4.79 Å². The van der Waals surface area contributed by atoms with Crippen LogP contribution in [0.15, 0.2) is 35.0 Å². The van der Waals surface area contributed by atoms with E-state index in [-0.39, 0.29) is 11.9 Å². The fraction of sp³-hybridized carbons (Fsp3) is 0.417. The molecule has 1 atom stereocenters. The minimum absolute atomic E-state index is 0.0402. The fourth-order valence-electron chi connectivity index (χ4n) is 1.21. The molecule has 16 heavy (non-hydrogen) atoms. The Morgan fingerprint density at radius 2 is 2.50 bits per heavy atom. The third kappa shape index (κ3) is 4.57. The van der Waals surface area contributed by atoms with Crippen molar-refractivity contribution >= 4 is 17.7 Å². The number of allylic oxidation sites excluding steroid dienone is 1. The maximum atomic E-state index is 11.5. The predicted molar refractivity (Wildman–Crippen MR) is 67.4 cm³/mol. The van der Waals surface area contributed by atoms with Crippen molar-refractivity contribution < 1.29 is 9.21 Å². The van der Waals surface area contributed by atoms with Gasteiger partial charge in [-0.15, -0.1) is 11.8 Å². The number of carbonyl (C=O) groups excluding carboxylic acids is 1. The maximum Gasteiger partial charge on any atom is 0.230 e. The zero-order valence-electron chi connectivity index (χ0n) is 9.60. The van der Waals surface area contributed by atoms with Crippen LogP contribution in [0.4, 0.5) is 0 Å². The Hall–Kier alpha value is -1.16. The summed E-state index contributed by atoms with van der Waals surface area (Å²) in [6, 6.07) is 3.61. The highest BCUT2D eigenvalue weighted by Gasteiger charge is 2.10. The van der Waals surface area contributed by atoms with Gasteiger partial charge in [-0.1, -0.05) is 12.2 Å². The molecular formula is C12H17NO2S. The van der Waals surface area contributed by atoms with Crippen LogP contribution >= 0.6 is 11.8 Å². The molecular weight excluding hydrogens is 222 g/mol. The van der Waals surface area contributed by atoms with Gasteiger partial charge in [-0.2, -0.15) is 0 Å². The maximum absolute atomic E-state index is 11.5. The van der Waals surface area contributed by atoms with Crippen LogP contribution in [0.1, 0.15) is 25.6 Å². The molecule has 4 heteroatoms. The average molecular weight is 239 g/mol. The fourth-order valence-corrected chi connectivity index (χ4v) is 1.92. The van der Waals surface area contributed by atoms with Crippen molar-refractivity contribution in [3.05, 3.63) is 36.3 Å². The molecule has 1 N–H and O–H groups in total. The predicted octanol–water partition coefficient (Wildman–Crippen LogP) is 2.77. The highest BCUT2D eigenvalue weighted by atomic mass is 32.2. The Morgan fingerprint density at radius 3 is 3.12 bits per heavy atom. The molecule has 1 aromatic heterocycles. The van der Waals surface area contributed by atoms with Crippen LogP contribution in [0, 0.1) is 0 Å². The summed E-state index contributed by atoms with van der Waals surface area (Å²) >= 11 is 1.60. The molecule has 88 valence electrons. The van der Waals surface area contributed by atoms with Crippen molar-refractivity contribution in [3.8, 4) is 0 Å². The lowest BCUT2D eigenvalue weighted by Gasteiger charge is -2.10. The van der Waals surface area contributed by atoms with Gasteiger partial charge in [0.15, 0.2) is 0 Å². The van der Waals surface area contributed by atoms with Gasteiger partial charge in [-0.3, -0.25) is 4.79 Å². The number of furan rings is 1. The molecule has 0 radical (unpaired) electrons. The van der Waals surface area contributed by atoms with Crippen LogP contribution in [0.5, 0.6) is 0 Å². The second-order valence-corrected chi connectivity index (χ2v) is 4.42. The number of amides is 1. The van der Waals surface area contributed by atoms with Gasteiger partial charge in [-0.05, 0) is 26.0 Å². The Kier molecular flexibility index (Phi) is 5.78. The second kappa shape index (κ2) is 7.17. The third-order valence-electron chi connectivity index (χ3n) is 2.03. The molecule has 0 aliphatic rings. The lowest BCUT2D eigenvalue weighted by atomic mass is 10.2. The molecule has 0 bridgehead atoms. The van der Waals surface area contributed by atoms with Gasteiger partial charge in [0.1, 0.15) is 5.76 Å².